The Hall–Kier alpha value is -2.47. The molecular weight excluding hydrogens is 356 g/mol. The van der Waals surface area contributed by atoms with Crippen LogP contribution < -0.4 is 9.47 Å². The van der Waals surface area contributed by atoms with Gasteiger partial charge in [-0.2, -0.15) is 0 Å². The third-order valence-electron chi connectivity index (χ3n) is 6.06. The zero-order valence-corrected chi connectivity index (χ0v) is 16.6. The Balaban J connectivity index is 1.35. The van der Waals surface area contributed by atoms with Gasteiger partial charge >= 0.3 is 0 Å². The molecule has 1 aromatic carbocycles. The molecule has 0 radical (unpaired) electrons. The van der Waals surface area contributed by atoms with Gasteiger partial charge in [0.1, 0.15) is 11.5 Å². The summed E-state index contributed by atoms with van der Waals surface area (Å²) >= 11 is 0. The number of ether oxygens (including phenoxy) is 2. The molecule has 150 valence electrons. The molecule has 0 unspecified atom stereocenters. The lowest BCUT2D eigenvalue weighted by molar-refractivity contribution is 0.0613. The highest BCUT2D eigenvalue weighted by atomic mass is 16.5. The molecule has 0 N–H and O–H groups in total. The summed E-state index contributed by atoms with van der Waals surface area (Å²) in [6.07, 6.45) is 4.72. The minimum atomic E-state index is 0.00576. The minimum absolute atomic E-state index is 0.00576. The first-order valence-electron chi connectivity index (χ1n) is 9.97. The maximum absolute atomic E-state index is 12.4. The molecule has 0 bridgehead atoms. The first-order valence-corrected chi connectivity index (χ1v) is 9.97. The summed E-state index contributed by atoms with van der Waals surface area (Å²) in [6.45, 7) is 3.73. The van der Waals surface area contributed by atoms with Gasteiger partial charge in [-0.05, 0) is 61.6 Å². The molecule has 3 heterocycles. The maximum atomic E-state index is 12.4. The summed E-state index contributed by atoms with van der Waals surface area (Å²) in [6, 6.07) is 10.2. The molecule has 1 atom stereocenters. The second-order valence-electron chi connectivity index (χ2n) is 7.63. The Kier molecular flexibility index (Phi) is 5.57. The fourth-order valence-electron chi connectivity index (χ4n) is 4.45. The summed E-state index contributed by atoms with van der Waals surface area (Å²) < 4.78 is 16.1. The molecular formula is C22H28N2O4. The second kappa shape index (κ2) is 8.27. The van der Waals surface area contributed by atoms with Gasteiger partial charge in [-0.25, -0.2) is 0 Å². The van der Waals surface area contributed by atoms with E-state index in [9.17, 15) is 4.79 Å². The Morgan fingerprint density at radius 1 is 1.04 bits per heavy atom. The topological polar surface area (TPSA) is 55.2 Å². The van der Waals surface area contributed by atoms with Crippen molar-refractivity contribution in [3.63, 3.8) is 0 Å². The first-order chi connectivity index (χ1) is 13.7. The zero-order chi connectivity index (χ0) is 19.5. The molecule has 6 nitrogen and oxygen atoms in total. The summed E-state index contributed by atoms with van der Waals surface area (Å²) in [5, 5.41) is 0. The van der Waals surface area contributed by atoms with Crippen LogP contribution in [-0.2, 0) is 0 Å². The van der Waals surface area contributed by atoms with E-state index >= 15 is 0 Å². The minimum Gasteiger partial charge on any atom is -0.497 e. The number of piperidine rings is 1. The van der Waals surface area contributed by atoms with Gasteiger partial charge < -0.3 is 18.8 Å². The molecule has 0 spiro atoms. The van der Waals surface area contributed by atoms with Gasteiger partial charge in [0.05, 0.1) is 20.5 Å². The van der Waals surface area contributed by atoms with Gasteiger partial charge in [-0.1, -0.05) is 0 Å². The zero-order valence-electron chi connectivity index (χ0n) is 16.6. The number of furan rings is 1. The molecule has 1 amide bonds. The maximum Gasteiger partial charge on any atom is 0.289 e. The normalized spacial score (nSPS) is 21.1. The van der Waals surface area contributed by atoms with Crippen LogP contribution in [0.4, 0.5) is 0 Å². The van der Waals surface area contributed by atoms with Crippen LogP contribution in [0.1, 0.15) is 41.3 Å². The number of nitrogens with zero attached hydrogens (tertiary/aromatic N) is 2. The van der Waals surface area contributed by atoms with Crippen molar-refractivity contribution >= 4 is 5.91 Å². The number of rotatable bonds is 5. The summed E-state index contributed by atoms with van der Waals surface area (Å²) in [5.74, 6) is 2.62. The molecule has 28 heavy (non-hydrogen) atoms. The van der Waals surface area contributed by atoms with Crippen molar-refractivity contribution in [2.45, 2.75) is 31.2 Å². The molecule has 0 aliphatic carbocycles. The average Bonchev–Trinajstić information content (AvgIpc) is 3.45. The molecule has 0 saturated carbocycles. The van der Waals surface area contributed by atoms with Gasteiger partial charge in [0, 0.05) is 31.7 Å². The van der Waals surface area contributed by atoms with Crippen molar-refractivity contribution in [1.82, 2.24) is 9.80 Å². The van der Waals surface area contributed by atoms with Crippen LogP contribution in [0.15, 0.2) is 41.0 Å². The molecule has 1 aromatic heterocycles. The fourth-order valence-corrected chi connectivity index (χ4v) is 4.45. The van der Waals surface area contributed by atoms with Crippen molar-refractivity contribution < 1.29 is 18.7 Å². The largest absolute Gasteiger partial charge is 0.497 e. The smallest absolute Gasteiger partial charge is 0.289 e. The predicted octanol–water partition coefficient (Wildman–Crippen LogP) is 3.39. The van der Waals surface area contributed by atoms with Gasteiger partial charge in [-0.15, -0.1) is 0 Å². The van der Waals surface area contributed by atoms with E-state index in [-0.39, 0.29) is 5.91 Å². The van der Waals surface area contributed by atoms with E-state index < -0.39 is 0 Å². The Morgan fingerprint density at radius 2 is 1.75 bits per heavy atom. The lowest BCUT2D eigenvalue weighted by atomic mass is 9.97. The number of amides is 1. The van der Waals surface area contributed by atoms with Crippen LogP contribution in [0.3, 0.4) is 0 Å². The number of methoxy groups -OCH3 is 2. The van der Waals surface area contributed by atoms with Crippen LogP contribution in [0.5, 0.6) is 11.5 Å². The standard InChI is InChI=1S/C22H28N2O4/c1-26-19-12-17(13-20(14-19)27-2)16-5-8-24(15-16)18-6-9-23(10-7-18)22(25)21-4-3-11-28-21/h3-4,11-14,16,18H,5-10,15H2,1-2H3/t16-/m0/s1. The van der Waals surface area contributed by atoms with E-state index in [0.717, 1.165) is 56.9 Å². The van der Waals surface area contributed by atoms with Crippen LogP contribution in [0.2, 0.25) is 0 Å². The predicted molar refractivity (Wildman–Crippen MR) is 106 cm³/mol. The van der Waals surface area contributed by atoms with E-state index in [0.29, 0.717) is 17.7 Å². The van der Waals surface area contributed by atoms with Crippen molar-refractivity contribution in [3.05, 3.63) is 47.9 Å². The van der Waals surface area contributed by atoms with Crippen molar-refractivity contribution in [2.24, 2.45) is 0 Å². The van der Waals surface area contributed by atoms with Gasteiger partial charge in [0.15, 0.2) is 5.76 Å². The van der Waals surface area contributed by atoms with Crippen LogP contribution in [0, 0.1) is 0 Å². The van der Waals surface area contributed by atoms with E-state index in [1.54, 1.807) is 32.6 Å². The molecule has 2 aliphatic heterocycles. The number of hydrogen-bond acceptors (Lipinski definition) is 5. The highest BCUT2D eigenvalue weighted by Crippen LogP contribution is 2.35. The fraction of sp³-hybridized carbons (Fsp3) is 0.500. The van der Waals surface area contributed by atoms with Crippen LogP contribution in [0.25, 0.3) is 0 Å². The monoisotopic (exact) mass is 384 g/mol. The van der Waals surface area contributed by atoms with E-state index in [2.05, 4.69) is 17.0 Å². The number of carbonyl (C=O) groups is 1. The third kappa shape index (κ3) is 3.87. The number of hydrogen-bond donors (Lipinski definition) is 0. The van der Waals surface area contributed by atoms with Gasteiger partial charge in [0.25, 0.3) is 5.91 Å². The quantitative estimate of drug-likeness (QED) is 0.791. The van der Waals surface area contributed by atoms with Gasteiger partial charge in [0.2, 0.25) is 0 Å². The highest BCUT2D eigenvalue weighted by Gasteiger charge is 2.33. The van der Waals surface area contributed by atoms with Crippen LogP contribution >= 0.6 is 0 Å². The van der Waals surface area contributed by atoms with E-state index in [1.165, 1.54) is 5.56 Å². The summed E-state index contributed by atoms with van der Waals surface area (Å²) in [7, 11) is 3.38. The van der Waals surface area contributed by atoms with E-state index in [1.807, 2.05) is 11.0 Å². The van der Waals surface area contributed by atoms with E-state index in [4.69, 9.17) is 13.9 Å². The van der Waals surface area contributed by atoms with Crippen molar-refractivity contribution in [1.29, 1.82) is 0 Å². The SMILES string of the molecule is COc1cc(OC)cc([C@H]2CCN(C3CCN(C(=O)c4ccco4)CC3)C2)c1. The molecule has 2 saturated heterocycles. The molecule has 2 aliphatic rings. The lowest BCUT2D eigenvalue weighted by Gasteiger charge is -2.36. The molecule has 6 heteroatoms. The van der Waals surface area contributed by atoms with Crippen molar-refractivity contribution in [2.75, 3.05) is 40.4 Å². The summed E-state index contributed by atoms with van der Waals surface area (Å²) in [5.41, 5.74) is 1.28. The lowest BCUT2D eigenvalue weighted by Crippen LogP contribution is -2.46. The Morgan fingerprint density at radius 3 is 2.36 bits per heavy atom. The van der Waals surface area contributed by atoms with Gasteiger partial charge in [-0.3, -0.25) is 9.69 Å². The molecule has 2 aromatic rings. The third-order valence-corrected chi connectivity index (χ3v) is 6.06. The number of likely N-dealkylation sites (tertiary alicyclic amines) is 2. The van der Waals surface area contributed by atoms with Crippen molar-refractivity contribution in [3.8, 4) is 11.5 Å². The first kappa shape index (κ1) is 18.9. The summed E-state index contributed by atoms with van der Waals surface area (Å²) in [4.78, 5) is 16.9. The second-order valence-corrected chi connectivity index (χ2v) is 7.63. The van der Waals surface area contributed by atoms with Crippen LogP contribution in [-0.4, -0.2) is 62.1 Å². The molecule has 2 fully saturated rings. The average molecular weight is 384 g/mol. The number of benzene rings is 1. The Bertz CT molecular complexity index is 775. The Labute approximate surface area is 166 Å². The number of carbonyl (C=O) groups excluding carboxylic acids is 1. The highest BCUT2D eigenvalue weighted by molar-refractivity contribution is 5.91. The molecule has 4 rings (SSSR count).